The molecule has 8 heteroatoms. The van der Waals surface area contributed by atoms with Gasteiger partial charge in [-0.25, -0.2) is 9.97 Å². The SMILES string of the molecule is COC(=O)C1CCN(C(=O)c2nc(SC)ncc2Cl)CC1. The molecule has 0 bridgehead atoms. The van der Waals surface area contributed by atoms with E-state index in [2.05, 4.69) is 9.97 Å². The summed E-state index contributed by atoms with van der Waals surface area (Å²) in [5.74, 6) is -0.575. The average Bonchev–Trinajstić information content (AvgIpc) is 2.54. The van der Waals surface area contributed by atoms with E-state index in [-0.39, 0.29) is 28.5 Å². The molecule has 2 rings (SSSR count). The number of thioether (sulfide) groups is 1. The van der Waals surface area contributed by atoms with E-state index in [1.165, 1.54) is 25.1 Å². The zero-order chi connectivity index (χ0) is 15.4. The van der Waals surface area contributed by atoms with Gasteiger partial charge in [0.05, 0.1) is 24.2 Å². The summed E-state index contributed by atoms with van der Waals surface area (Å²) in [4.78, 5) is 33.8. The molecule has 1 aliphatic heterocycles. The smallest absolute Gasteiger partial charge is 0.308 e. The Balaban J connectivity index is 2.07. The summed E-state index contributed by atoms with van der Waals surface area (Å²) in [7, 11) is 1.38. The molecule has 114 valence electrons. The van der Waals surface area contributed by atoms with Crippen molar-refractivity contribution in [3.63, 3.8) is 0 Å². The van der Waals surface area contributed by atoms with Crippen LogP contribution in [0.15, 0.2) is 11.4 Å². The maximum absolute atomic E-state index is 12.5. The summed E-state index contributed by atoms with van der Waals surface area (Å²) in [5, 5.41) is 0.750. The van der Waals surface area contributed by atoms with Crippen LogP contribution in [0.1, 0.15) is 23.3 Å². The Hall–Kier alpha value is -1.34. The number of rotatable bonds is 3. The molecule has 1 aliphatic rings. The van der Waals surface area contributed by atoms with E-state index in [1.807, 2.05) is 6.26 Å². The molecule has 0 saturated carbocycles. The first kappa shape index (κ1) is 16.0. The molecular weight excluding hydrogens is 314 g/mol. The van der Waals surface area contributed by atoms with Gasteiger partial charge < -0.3 is 9.64 Å². The van der Waals surface area contributed by atoms with Crippen molar-refractivity contribution in [3.8, 4) is 0 Å². The summed E-state index contributed by atoms with van der Waals surface area (Å²) >= 11 is 7.36. The molecule has 0 aromatic carbocycles. The first-order valence-electron chi connectivity index (χ1n) is 6.50. The third-order valence-electron chi connectivity index (χ3n) is 3.42. The molecule has 1 amide bonds. The van der Waals surface area contributed by atoms with Gasteiger partial charge in [0.1, 0.15) is 0 Å². The number of hydrogen-bond acceptors (Lipinski definition) is 6. The second-order valence-electron chi connectivity index (χ2n) is 4.64. The number of piperidine rings is 1. The van der Waals surface area contributed by atoms with E-state index >= 15 is 0 Å². The van der Waals surface area contributed by atoms with Gasteiger partial charge in [0, 0.05) is 13.1 Å². The molecule has 0 aliphatic carbocycles. The highest BCUT2D eigenvalue weighted by Gasteiger charge is 2.29. The second-order valence-corrected chi connectivity index (χ2v) is 5.82. The van der Waals surface area contributed by atoms with Crippen LogP contribution in [0.25, 0.3) is 0 Å². The number of methoxy groups -OCH3 is 1. The Bertz CT molecular complexity index is 547. The van der Waals surface area contributed by atoms with Gasteiger partial charge >= 0.3 is 5.97 Å². The van der Waals surface area contributed by atoms with E-state index in [4.69, 9.17) is 16.3 Å². The largest absolute Gasteiger partial charge is 0.469 e. The minimum atomic E-state index is -0.221. The van der Waals surface area contributed by atoms with Gasteiger partial charge in [-0.05, 0) is 19.1 Å². The highest BCUT2D eigenvalue weighted by molar-refractivity contribution is 7.98. The summed E-state index contributed by atoms with van der Waals surface area (Å²) in [5.41, 5.74) is 0.215. The lowest BCUT2D eigenvalue weighted by atomic mass is 9.97. The Kier molecular flexibility index (Phi) is 5.41. The zero-order valence-electron chi connectivity index (χ0n) is 11.8. The van der Waals surface area contributed by atoms with Crippen LogP contribution < -0.4 is 0 Å². The summed E-state index contributed by atoms with van der Waals surface area (Å²) < 4.78 is 4.73. The quantitative estimate of drug-likeness (QED) is 0.479. The van der Waals surface area contributed by atoms with Gasteiger partial charge in [0.2, 0.25) is 0 Å². The fraction of sp³-hybridized carbons (Fsp3) is 0.538. The fourth-order valence-corrected chi connectivity index (χ4v) is 2.75. The topological polar surface area (TPSA) is 72.4 Å². The fourth-order valence-electron chi connectivity index (χ4n) is 2.23. The second kappa shape index (κ2) is 7.09. The lowest BCUT2D eigenvalue weighted by Crippen LogP contribution is -2.41. The first-order valence-corrected chi connectivity index (χ1v) is 8.10. The lowest BCUT2D eigenvalue weighted by Gasteiger charge is -2.30. The van der Waals surface area contributed by atoms with Gasteiger partial charge in [-0.1, -0.05) is 23.4 Å². The van der Waals surface area contributed by atoms with Gasteiger partial charge in [0.15, 0.2) is 10.9 Å². The number of nitrogens with zero attached hydrogens (tertiary/aromatic N) is 3. The third kappa shape index (κ3) is 3.65. The number of hydrogen-bond donors (Lipinski definition) is 0. The van der Waals surface area contributed by atoms with E-state index in [9.17, 15) is 9.59 Å². The third-order valence-corrected chi connectivity index (χ3v) is 4.26. The van der Waals surface area contributed by atoms with Gasteiger partial charge in [-0.2, -0.15) is 0 Å². The molecular formula is C13H16ClN3O3S. The Morgan fingerprint density at radius 1 is 1.43 bits per heavy atom. The predicted molar refractivity (Wildman–Crippen MR) is 79.5 cm³/mol. The number of ether oxygens (including phenoxy) is 1. The highest BCUT2D eigenvalue weighted by atomic mass is 35.5. The number of esters is 1. The molecule has 0 N–H and O–H groups in total. The van der Waals surface area contributed by atoms with E-state index in [0.717, 1.165) is 0 Å². The van der Waals surface area contributed by atoms with Crippen molar-refractivity contribution in [2.75, 3.05) is 26.5 Å². The molecule has 1 aromatic heterocycles. The number of amides is 1. The normalized spacial score (nSPS) is 15.9. The van der Waals surface area contributed by atoms with E-state index < -0.39 is 0 Å². The molecule has 1 fully saturated rings. The van der Waals surface area contributed by atoms with Gasteiger partial charge in [-0.15, -0.1) is 0 Å². The van der Waals surface area contributed by atoms with Crippen molar-refractivity contribution in [1.29, 1.82) is 0 Å². The maximum atomic E-state index is 12.5. The minimum Gasteiger partial charge on any atom is -0.469 e. The van der Waals surface area contributed by atoms with Crippen LogP contribution in [0.3, 0.4) is 0 Å². The van der Waals surface area contributed by atoms with Crippen LogP contribution in [-0.2, 0) is 9.53 Å². The summed E-state index contributed by atoms with van der Waals surface area (Å²) in [6.45, 7) is 0.987. The Morgan fingerprint density at radius 2 is 2.10 bits per heavy atom. The molecule has 0 spiro atoms. The molecule has 0 radical (unpaired) electrons. The van der Waals surface area contributed by atoms with E-state index in [1.54, 1.807) is 4.90 Å². The maximum Gasteiger partial charge on any atom is 0.308 e. The monoisotopic (exact) mass is 329 g/mol. The summed E-state index contributed by atoms with van der Waals surface area (Å²) in [6.07, 6.45) is 4.46. The van der Waals surface area contributed by atoms with Crippen LogP contribution >= 0.6 is 23.4 Å². The van der Waals surface area contributed by atoms with Crippen LogP contribution in [-0.4, -0.2) is 53.2 Å². The Morgan fingerprint density at radius 3 is 2.67 bits per heavy atom. The Labute approximate surface area is 132 Å². The standard InChI is InChI=1S/C13H16ClN3O3S/c1-20-12(19)8-3-5-17(6-4-8)11(18)10-9(14)7-15-13(16-10)21-2/h7-8H,3-6H2,1-2H3. The summed E-state index contributed by atoms with van der Waals surface area (Å²) in [6, 6.07) is 0. The number of carbonyl (C=O) groups excluding carboxylic acids is 2. The van der Waals surface area contributed by atoms with E-state index in [0.29, 0.717) is 31.1 Å². The van der Waals surface area contributed by atoms with Crippen LogP contribution in [0.4, 0.5) is 0 Å². The van der Waals surface area contributed by atoms with Gasteiger partial charge in [-0.3, -0.25) is 9.59 Å². The van der Waals surface area contributed by atoms with Crippen LogP contribution in [0, 0.1) is 5.92 Å². The van der Waals surface area contributed by atoms with Crippen molar-refractivity contribution in [3.05, 3.63) is 16.9 Å². The molecule has 2 heterocycles. The lowest BCUT2D eigenvalue weighted by molar-refractivity contribution is -0.146. The predicted octanol–water partition coefficient (Wildman–Crippen LogP) is 1.88. The van der Waals surface area contributed by atoms with Crippen molar-refractivity contribution >= 4 is 35.2 Å². The van der Waals surface area contributed by atoms with Crippen molar-refractivity contribution in [1.82, 2.24) is 14.9 Å². The molecule has 1 aromatic rings. The number of carbonyl (C=O) groups is 2. The molecule has 0 unspecified atom stereocenters. The number of aromatic nitrogens is 2. The molecule has 21 heavy (non-hydrogen) atoms. The van der Waals surface area contributed by atoms with Crippen molar-refractivity contribution in [2.45, 2.75) is 18.0 Å². The van der Waals surface area contributed by atoms with Crippen LogP contribution in [0.2, 0.25) is 5.02 Å². The van der Waals surface area contributed by atoms with Crippen molar-refractivity contribution < 1.29 is 14.3 Å². The molecule has 1 saturated heterocycles. The molecule has 6 nitrogen and oxygen atoms in total. The number of likely N-dealkylation sites (tertiary alicyclic amines) is 1. The van der Waals surface area contributed by atoms with Crippen LogP contribution in [0.5, 0.6) is 0 Å². The number of halogens is 1. The zero-order valence-corrected chi connectivity index (χ0v) is 13.4. The van der Waals surface area contributed by atoms with Gasteiger partial charge in [0.25, 0.3) is 5.91 Å². The highest BCUT2D eigenvalue weighted by Crippen LogP contribution is 2.23. The first-order chi connectivity index (χ1) is 10.1. The van der Waals surface area contributed by atoms with Crippen molar-refractivity contribution in [2.24, 2.45) is 5.92 Å². The molecule has 0 atom stereocenters. The average molecular weight is 330 g/mol. The minimum absolute atomic E-state index is 0.137.